The first kappa shape index (κ1) is 11.4. The van der Waals surface area contributed by atoms with E-state index >= 15 is 0 Å². The molecular formula is C13H21N3. The summed E-state index contributed by atoms with van der Waals surface area (Å²) in [6.45, 7) is 0.872. The van der Waals surface area contributed by atoms with Crippen LogP contribution in [0.4, 0.5) is 5.69 Å². The van der Waals surface area contributed by atoms with Crippen LogP contribution in [0.25, 0.3) is 0 Å². The smallest absolute Gasteiger partial charge is 0.0772 e. The van der Waals surface area contributed by atoms with Crippen LogP contribution in [0.15, 0.2) is 18.3 Å². The van der Waals surface area contributed by atoms with Crippen LogP contribution in [0.3, 0.4) is 0 Å². The summed E-state index contributed by atoms with van der Waals surface area (Å²) < 4.78 is 0. The fraction of sp³-hybridized carbons (Fsp3) is 0.615. The Balaban J connectivity index is 1.96. The van der Waals surface area contributed by atoms with Crippen molar-refractivity contribution in [3.8, 4) is 0 Å². The van der Waals surface area contributed by atoms with Gasteiger partial charge in [-0.15, -0.1) is 0 Å². The number of hydrogen-bond acceptors (Lipinski definition) is 3. The largest absolute Gasteiger partial charge is 0.397 e. The summed E-state index contributed by atoms with van der Waals surface area (Å²) in [7, 11) is 2.18. The van der Waals surface area contributed by atoms with Gasteiger partial charge in [0.1, 0.15) is 0 Å². The molecule has 3 nitrogen and oxygen atoms in total. The molecule has 0 aromatic carbocycles. The van der Waals surface area contributed by atoms with Gasteiger partial charge < -0.3 is 5.73 Å². The van der Waals surface area contributed by atoms with Crippen LogP contribution >= 0.6 is 0 Å². The van der Waals surface area contributed by atoms with Gasteiger partial charge in [0.25, 0.3) is 0 Å². The number of nitrogens with two attached hydrogens (primary N) is 1. The van der Waals surface area contributed by atoms with Gasteiger partial charge in [0.05, 0.1) is 11.4 Å². The molecule has 0 radical (unpaired) electrons. The predicted octanol–water partition coefficient (Wildman–Crippen LogP) is 2.43. The minimum absolute atomic E-state index is 0.718. The monoisotopic (exact) mass is 219 g/mol. The third-order valence-electron chi connectivity index (χ3n) is 3.52. The van der Waals surface area contributed by atoms with Gasteiger partial charge in [-0.05, 0) is 32.0 Å². The average molecular weight is 219 g/mol. The van der Waals surface area contributed by atoms with Crippen molar-refractivity contribution in [1.82, 2.24) is 9.88 Å². The van der Waals surface area contributed by atoms with Gasteiger partial charge in [0.2, 0.25) is 0 Å². The molecule has 1 fully saturated rings. The van der Waals surface area contributed by atoms with Crippen molar-refractivity contribution in [2.75, 3.05) is 12.8 Å². The molecule has 0 aliphatic heterocycles. The summed E-state index contributed by atoms with van der Waals surface area (Å²) in [5.41, 5.74) is 7.73. The zero-order chi connectivity index (χ0) is 11.4. The van der Waals surface area contributed by atoms with Gasteiger partial charge in [0, 0.05) is 18.8 Å². The van der Waals surface area contributed by atoms with Crippen molar-refractivity contribution >= 4 is 5.69 Å². The van der Waals surface area contributed by atoms with Gasteiger partial charge in [0.15, 0.2) is 0 Å². The second kappa shape index (κ2) is 5.30. The van der Waals surface area contributed by atoms with E-state index in [0.29, 0.717) is 0 Å². The van der Waals surface area contributed by atoms with Gasteiger partial charge >= 0.3 is 0 Å². The molecule has 2 N–H and O–H groups in total. The summed E-state index contributed by atoms with van der Waals surface area (Å²) in [6, 6.07) is 4.53. The molecule has 0 saturated heterocycles. The molecule has 16 heavy (non-hydrogen) atoms. The maximum absolute atomic E-state index is 5.91. The third kappa shape index (κ3) is 2.73. The van der Waals surface area contributed by atoms with Crippen molar-refractivity contribution in [2.45, 2.75) is 44.7 Å². The number of nitrogens with zero attached hydrogens (tertiary/aromatic N) is 2. The van der Waals surface area contributed by atoms with Gasteiger partial charge in [-0.3, -0.25) is 9.88 Å². The van der Waals surface area contributed by atoms with Crippen LogP contribution in [-0.4, -0.2) is 23.0 Å². The lowest BCUT2D eigenvalue weighted by Gasteiger charge is -2.31. The van der Waals surface area contributed by atoms with E-state index in [0.717, 1.165) is 24.0 Å². The molecule has 1 aromatic heterocycles. The van der Waals surface area contributed by atoms with Crippen LogP contribution in [0.2, 0.25) is 0 Å². The van der Waals surface area contributed by atoms with Crippen molar-refractivity contribution in [3.63, 3.8) is 0 Å². The van der Waals surface area contributed by atoms with Crippen LogP contribution in [0.5, 0.6) is 0 Å². The van der Waals surface area contributed by atoms with Crippen molar-refractivity contribution < 1.29 is 0 Å². The second-order valence-electron chi connectivity index (χ2n) is 4.75. The molecule has 0 amide bonds. The Morgan fingerprint density at radius 2 is 2.12 bits per heavy atom. The summed E-state index contributed by atoms with van der Waals surface area (Å²) in [5, 5.41) is 0. The van der Waals surface area contributed by atoms with Gasteiger partial charge in [-0.25, -0.2) is 0 Å². The highest BCUT2D eigenvalue weighted by molar-refractivity contribution is 5.41. The first-order chi connectivity index (χ1) is 7.77. The first-order valence-corrected chi connectivity index (χ1v) is 6.17. The highest BCUT2D eigenvalue weighted by Gasteiger charge is 2.18. The summed E-state index contributed by atoms with van der Waals surface area (Å²) in [6.07, 6.45) is 8.60. The third-order valence-corrected chi connectivity index (χ3v) is 3.52. The van der Waals surface area contributed by atoms with E-state index in [2.05, 4.69) is 16.9 Å². The lowest BCUT2D eigenvalue weighted by molar-refractivity contribution is 0.183. The first-order valence-electron chi connectivity index (χ1n) is 6.17. The highest BCUT2D eigenvalue weighted by atomic mass is 15.1. The normalized spacial score (nSPS) is 17.9. The molecule has 2 rings (SSSR count). The summed E-state index contributed by atoms with van der Waals surface area (Å²) in [4.78, 5) is 6.75. The van der Waals surface area contributed by atoms with Crippen LogP contribution in [0, 0.1) is 0 Å². The standard InChI is InChI=1S/C13H21N3/c1-16(11-6-3-2-4-7-11)10-13-12(14)8-5-9-15-13/h5,8-9,11H,2-4,6-7,10,14H2,1H3. The van der Waals surface area contributed by atoms with Crippen molar-refractivity contribution in [2.24, 2.45) is 0 Å². The summed E-state index contributed by atoms with van der Waals surface area (Å²) >= 11 is 0. The van der Waals surface area contributed by atoms with Crippen molar-refractivity contribution in [3.05, 3.63) is 24.0 Å². The second-order valence-corrected chi connectivity index (χ2v) is 4.75. The van der Waals surface area contributed by atoms with E-state index in [-0.39, 0.29) is 0 Å². The number of aromatic nitrogens is 1. The SMILES string of the molecule is CN(Cc1ncccc1N)C1CCCCC1. The molecular weight excluding hydrogens is 198 g/mol. The minimum Gasteiger partial charge on any atom is -0.397 e. The van der Waals surface area contributed by atoms with E-state index in [1.54, 1.807) is 0 Å². The fourth-order valence-corrected chi connectivity index (χ4v) is 2.47. The van der Waals surface area contributed by atoms with Crippen LogP contribution in [0.1, 0.15) is 37.8 Å². The molecule has 0 atom stereocenters. The van der Waals surface area contributed by atoms with Crippen LogP contribution in [-0.2, 0) is 6.54 Å². The maximum atomic E-state index is 5.91. The zero-order valence-electron chi connectivity index (χ0n) is 10.0. The fourth-order valence-electron chi connectivity index (χ4n) is 2.47. The molecule has 1 aliphatic rings. The van der Waals surface area contributed by atoms with E-state index in [4.69, 9.17) is 5.73 Å². The van der Waals surface area contributed by atoms with E-state index in [9.17, 15) is 0 Å². The van der Waals surface area contributed by atoms with Gasteiger partial charge in [-0.2, -0.15) is 0 Å². The topological polar surface area (TPSA) is 42.2 Å². The Bertz CT molecular complexity index is 332. The van der Waals surface area contributed by atoms with Crippen LogP contribution < -0.4 is 5.73 Å². The lowest BCUT2D eigenvalue weighted by Crippen LogP contribution is -2.33. The molecule has 88 valence electrons. The minimum atomic E-state index is 0.718. The number of hydrogen-bond donors (Lipinski definition) is 1. The van der Waals surface area contributed by atoms with E-state index in [1.807, 2.05) is 18.3 Å². The zero-order valence-corrected chi connectivity index (χ0v) is 10.0. The molecule has 0 bridgehead atoms. The highest BCUT2D eigenvalue weighted by Crippen LogP contribution is 2.23. The molecule has 0 unspecified atom stereocenters. The Kier molecular flexibility index (Phi) is 3.78. The molecule has 1 saturated carbocycles. The maximum Gasteiger partial charge on any atom is 0.0772 e. The number of nitrogen functional groups attached to an aromatic ring is 1. The molecule has 1 aromatic rings. The number of anilines is 1. The quantitative estimate of drug-likeness (QED) is 0.849. The average Bonchev–Trinajstić information content (AvgIpc) is 2.33. The predicted molar refractivity (Wildman–Crippen MR) is 67.0 cm³/mol. The van der Waals surface area contributed by atoms with E-state index < -0.39 is 0 Å². The Hall–Kier alpha value is -1.09. The Morgan fingerprint density at radius 1 is 1.38 bits per heavy atom. The molecule has 0 spiro atoms. The van der Waals surface area contributed by atoms with Crippen molar-refractivity contribution in [1.29, 1.82) is 0 Å². The van der Waals surface area contributed by atoms with Gasteiger partial charge in [-0.1, -0.05) is 19.3 Å². The molecule has 3 heteroatoms. The summed E-state index contributed by atoms with van der Waals surface area (Å²) in [5.74, 6) is 0. The Labute approximate surface area is 97.7 Å². The van der Waals surface area contributed by atoms with E-state index in [1.165, 1.54) is 32.1 Å². The lowest BCUT2D eigenvalue weighted by atomic mass is 9.94. The Morgan fingerprint density at radius 3 is 2.81 bits per heavy atom. The number of pyridine rings is 1. The molecule has 1 heterocycles. The molecule has 1 aliphatic carbocycles. The number of rotatable bonds is 3.